The van der Waals surface area contributed by atoms with Crippen molar-refractivity contribution < 1.29 is 13.9 Å². The van der Waals surface area contributed by atoms with Gasteiger partial charge in [0.15, 0.2) is 0 Å². The summed E-state index contributed by atoms with van der Waals surface area (Å²) in [4.78, 5) is 11.9. The van der Waals surface area contributed by atoms with Gasteiger partial charge in [-0.05, 0) is 43.5 Å². The molecule has 5 heteroatoms. The summed E-state index contributed by atoms with van der Waals surface area (Å²) < 4.78 is 19.3. The minimum Gasteiger partial charge on any atom is -0.381 e. The Bertz CT molecular complexity index is 475. The molecule has 0 spiro atoms. The van der Waals surface area contributed by atoms with Crippen LogP contribution in [0.15, 0.2) is 22.7 Å². The number of carbonyl (C=O) groups excluding carboxylic acids is 1. The lowest BCUT2D eigenvalue weighted by Crippen LogP contribution is -2.38. The maximum absolute atomic E-state index is 13.2. The first kappa shape index (κ1) is 15.4. The van der Waals surface area contributed by atoms with Crippen LogP contribution in [0.3, 0.4) is 0 Å². The SMILES string of the molecule is C[C@H](NC(=O)CCc1cc(F)ccc1Br)[C@H]1CCOC1. The van der Waals surface area contributed by atoms with Crippen molar-refractivity contribution in [3.63, 3.8) is 0 Å². The molecule has 20 heavy (non-hydrogen) atoms. The fourth-order valence-corrected chi connectivity index (χ4v) is 2.82. The summed E-state index contributed by atoms with van der Waals surface area (Å²) in [5.74, 6) is 0.125. The van der Waals surface area contributed by atoms with Crippen molar-refractivity contribution in [3.8, 4) is 0 Å². The number of carbonyl (C=O) groups is 1. The van der Waals surface area contributed by atoms with Crippen LogP contribution in [0.5, 0.6) is 0 Å². The third kappa shape index (κ3) is 4.28. The van der Waals surface area contributed by atoms with E-state index in [1.807, 2.05) is 6.92 Å². The molecule has 2 atom stereocenters. The predicted molar refractivity (Wildman–Crippen MR) is 79.0 cm³/mol. The Morgan fingerprint density at radius 1 is 1.60 bits per heavy atom. The summed E-state index contributed by atoms with van der Waals surface area (Å²) in [6, 6.07) is 4.66. The second kappa shape index (κ2) is 7.18. The second-order valence-electron chi connectivity index (χ2n) is 5.22. The average molecular weight is 344 g/mol. The Morgan fingerprint density at radius 2 is 2.40 bits per heavy atom. The number of nitrogens with one attached hydrogen (secondary N) is 1. The number of amides is 1. The average Bonchev–Trinajstić information content (AvgIpc) is 2.94. The molecule has 1 fully saturated rings. The number of rotatable bonds is 5. The standard InChI is InChI=1S/C15H19BrFNO2/c1-10(12-6-7-20-9-12)18-15(19)5-2-11-8-13(17)3-4-14(11)16/h3-4,8,10,12H,2,5-7,9H2,1H3,(H,18,19)/t10-,12-/m0/s1. The van der Waals surface area contributed by atoms with Gasteiger partial charge in [-0.15, -0.1) is 0 Å². The van der Waals surface area contributed by atoms with Crippen molar-refractivity contribution in [3.05, 3.63) is 34.1 Å². The van der Waals surface area contributed by atoms with Crippen LogP contribution in [0.1, 0.15) is 25.3 Å². The molecule has 1 aliphatic heterocycles. The van der Waals surface area contributed by atoms with Gasteiger partial charge in [-0.2, -0.15) is 0 Å². The molecule has 1 heterocycles. The molecule has 1 saturated heterocycles. The molecule has 0 radical (unpaired) electrons. The van der Waals surface area contributed by atoms with Gasteiger partial charge in [0.05, 0.1) is 6.61 Å². The third-order valence-corrected chi connectivity index (χ3v) is 4.46. The zero-order valence-electron chi connectivity index (χ0n) is 11.5. The molecular formula is C15H19BrFNO2. The monoisotopic (exact) mass is 343 g/mol. The van der Waals surface area contributed by atoms with Gasteiger partial charge < -0.3 is 10.1 Å². The van der Waals surface area contributed by atoms with E-state index in [1.54, 1.807) is 6.07 Å². The molecule has 2 rings (SSSR count). The molecule has 1 aromatic carbocycles. The smallest absolute Gasteiger partial charge is 0.220 e. The quantitative estimate of drug-likeness (QED) is 0.892. The van der Waals surface area contributed by atoms with Crippen molar-refractivity contribution in [1.82, 2.24) is 5.32 Å². The molecular weight excluding hydrogens is 325 g/mol. The molecule has 0 aliphatic carbocycles. The van der Waals surface area contributed by atoms with E-state index in [-0.39, 0.29) is 17.8 Å². The highest BCUT2D eigenvalue weighted by Gasteiger charge is 2.23. The Kier molecular flexibility index (Phi) is 5.54. The van der Waals surface area contributed by atoms with E-state index in [0.717, 1.165) is 29.7 Å². The highest BCUT2D eigenvalue weighted by atomic mass is 79.9. The number of hydrogen-bond acceptors (Lipinski definition) is 2. The number of hydrogen-bond donors (Lipinski definition) is 1. The molecule has 1 N–H and O–H groups in total. The Hall–Kier alpha value is -0.940. The van der Waals surface area contributed by atoms with Crippen molar-refractivity contribution in [2.45, 2.75) is 32.2 Å². The van der Waals surface area contributed by atoms with Crippen molar-refractivity contribution in [1.29, 1.82) is 0 Å². The van der Waals surface area contributed by atoms with Crippen LogP contribution in [0, 0.1) is 11.7 Å². The lowest BCUT2D eigenvalue weighted by Gasteiger charge is -2.19. The summed E-state index contributed by atoms with van der Waals surface area (Å²) in [6.45, 7) is 3.51. The second-order valence-corrected chi connectivity index (χ2v) is 6.07. The minimum absolute atomic E-state index is 0.000520. The lowest BCUT2D eigenvalue weighted by atomic mass is 10.0. The Balaban J connectivity index is 1.81. The fourth-order valence-electron chi connectivity index (χ4n) is 2.37. The van der Waals surface area contributed by atoms with E-state index < -0.39 is 0 Å². The third-order valence-electron chi connectivity index (χ3n) is 3.69. The van der Waals surface area contributed by atoms with Crippen LogP contribution < -0.4 is 5.32 Å². The fraction of sp³-hybridized carbons (Fsp3) is 0.533. The van der Waals surface area contributed by atoms with E-state index in [9.17, 15) is 9.18 Å². The highest BCUT2D eigenvalue weighted by Crippen LogP contribution is 2.20. The maximum Gasteiger partial charge on any atom is 0.220 e. The summed E-state index contributed by atoms with van der Waals surface area (Å²) >= 11 is 3.37. The zero-order chi connectivity index (χ0) is 14.5. The maximum atomic E-state index is 13.2. The van der Waals surface area contributed by atoms with Gasteiger partial charge in [0.25, 0.3) is 0 Å². The largest absolute Gasteiger partial charge is 0.381 e. The van der Waals surface area contributed by atoms with Gasteiger partial charge in [-0.25, -0.2) is 4.39 Å². The summed E-state index contributed by atoms with van der Waals surface area (Å²) in [5.41, 5.74) is 0.817. The minimum atomic E-state index is -0.278. The van der Waals surface area contributed by atoms with Crippen LogP contribution in [0.2, 0.25) is 0 Å². The van der Waals surface area contributed by atoms with Crippen LogP contribution in [0.4, 0.5) is 4.39 Å². The van der Waals surface area contributed by atoms with Crippen LogP contribution in [-0.4, -0.2) is 25.2 Å². The number of benzene rings is 1. The topological polar surface area (TPSA) is 38.3 Å². The molecule has 1 aromatic rings. The van der Waals surface area contributed by atoms with Gasteiger partial charge in [0.2, 0.25) is 5.91 Å². The molecule has 1 amide bonds. The Morgan fingerprint density at radius 3 is 3.10 bits per heavy atom. The van der Waals surface area contributed by atoms with Crippen molar-refractivity contribution in [2.75, 3.05) is 13.2 Å². The van der Waals surface area contributed by atoms with E-state index >= 15 is 0 Å². The van der Waals surface area contributed by atoms with E-state index in [1.165, 1.54) is 12.1 Å². The summed E-state index contributed by atoms with van der Waals surface area (Å²) in [6.07, 6.45) is 1.88. The molecule has 1 aliphatic rings. The van der Waals surface area contributed by atoms with E-state index in [4.69, 9.17) is 4.74 Å². The van der Waals surface area contributed by atoms with Crippen LogP contribution in [0.25, 0.3) is 0 Å². The number of ether oxygens (including phenoxy) is 1. The number of aryl methyl sites for hydroxylation is 1. The van der Waals surface area contributed by atoms with Gasteiger partial charge in [-0.1, -0.05) is 15.9 Å². The normalized spacial score (nSPS) is 19.9. The van der Waals surface area contributed by atoms with Gasteiger partial charge in [-0.3, -0.25) is 4.79 Å². The zero-order valence-corrected chi connectivity index (χ0v) is 13.1. The van der Waals surface area contributed by atoms with Gasteiger partial charge in [0.1, 0.15) is 5.82 Å². The summed E-state index contributed by atoms with van der Waals surface area (Å²) in [5, 5.41) is 3.00. The van der Waals surface area contributed by atoms with Crippen molar-refractivity contribution in [2.24, 2.45) is 5.92 Å². The molecule has 0 bridgehead atoms. The first-order chi connectivity index (χ1) is 9.56. The lowest BCUT2D eigenvalue weighted by molar-refractivity contribution is -0.122. The van der Waals surface area contributed by atoms with Crippen LogP contribution in [-0.2, 0) is 16.0 Å². The first-order valence-electron chi connectivity index (χ1n) is 6.87. The van der Waals surface area contributed by atoms with Gasteiger partial charge in [0, 0.05) is 29.5 Å². The van der Waals surface area contributed by atoms with E-state index in [0.29, 0.717) is 18.8 Å². The molecule has 3 nitrogen and oxygen atoms in total. The van der Waals surface area contributed by atoms with Crippen molar-refractivity contribution >= 4 is 21.8 Å². The molecule has 0 aromatic heterocycles. The highest BCUT2D eigenvalue weighted by molar-refractivity contribution is 9.10. The molecule has 0 saturated carbocycles. The van der Waals surface area contributed by atoms with Crippen LogP contribution >= 0.6 is 15.9 Å². The van der Waals surface area contributed by atoms with E-state index in [2.05, 4.69) is 21.2 Å². The number of halogens is 2. The molecule has 110 valence electrons. The predicted octanol–water partition coefficient (Wildman–Crippen LogP) is 3.06. The Labute approximate surface area is 127 Å². The van der Waals surface area contributed by atoms with Gasteiger partial charge >= 0.3 is 0 Å². The summed E-state index contributed by atoms with van der Waals surface area (Å²) in [7, 11) is 0. The molecule has 0 unspecified atom stereocenters. The first-order valence-corrected chi connectivity index (χ1v) is 7.66.